The zero-order valence-electron chi connectivity index (χ0n) is 14.4. The largest absolute Gasteiger partial charge is 0.450 e. The van der Waals surface area contributed by atoms with Crippen molar-refractivity contribution in [2.45, 2.75) is 13.8 Å². The Labute approximate surface area is 151 Å². The molecule has 5 heteroatoms. The van der Waals surface area contributed by atoms with E-state index in [2.05, 4.69) is 24.3 Å². The first-order valence-corrected chi connectivity index (χ1v) is 8.02. The molecule has 0 saturated carbocycles. The zero-order chi connectivity index (χ0) is 18.7. The van der Waals surface area contributed by atoms with Gasteiger partial charge in [0.15, 0.2) is 0 Å². The Kier molecular flexibility index (Phi) is 4.68. The molecule has 0 bridgehead atoms. The van der Waals surface area contributed by atoms with Gasteiger partial charge in [-0.15, -0.1) is 0 Å². The lowest BCUT2D eigenvalue weighted by atomic mass is 10.0. The highest BCUT2D eigenvalue weighted by atomic mass is 16.6. The minimum absolute atomic E-state index is 0.111. The second kappa shape index (κ2) is 7.08. The fourth-order valence-electron chi connectivity index (χ4n) is 2.62. The topological polar surface area (TPSA) is 76.2 Å². The first-order valence-electron chi connectivity index (χ1n) is 8.02. The summed E-state index contributed by atoms with van der Waals surface area (Å²) >= 11 is 0. The molecule has 128 valence electrons. The molecule has 0 aliphatic carbocycles. The zero-order valence-corrected chi connectivity index (χ0v) is 14.4. The van der Waals surface area contributed by atoms with Crippen molar-refractivity contribution >= 4 is 5.69 Å². The molecule has 0 heterocycles. The lowest BCUT2D eigenvalue weighted by Gasteiger charge is -2.11. The summed E-state index contributed by atoms with van der Waals surface area (Å²) in [5, 5.41) is 20.2. The molecule has 0 atom stereocenters. The standard InChI is InChI=1S/C21H16N2O3/c1-14-3-6-17(7-4-14)18-8-10-20(15(2)11-18)26-21-9-5-16(13-22)12-19(21)23(24)25/h3-12H,1-2H3. The van der Waals surface area contributed by atoms with Crippen LogP contribution in [0.5, 0.6) is 11.5 Å². The number of nitriles is 1. The van der Waals surface area contributed by atoms with E-state index in [1.807, 2.05) is 32.0 Å². The van der Waals surface area contributed by atoms with Gasteiger partial charge < -0.3 is 4.74 Å². The fraction of sp³-hybridized carbons (Fsp3) is 0.0952. The van der Waals surface area contributed by atoms with E-state index < -0.39 is 4.92 Å². The third-order valence-corrected chi connectivity index (χ3v) is 4.06. The van der Waals surface area contributed by atoms with Gasteiger partial charge in [-0.05, 0) is 54.8 Å². The Hall–Kier alpha value is -3.65. The van der Waals surface area contributed by atoms with Gasteiger partial charge in [0.25, 0.3) is 0 Å². The molecule has 0 fully saturated rings. The number of ether oxygens (including phenoxy) is 1. The molecule has 0 aliphatic heterocycles. The predicted octanol–water partition coefficient (Wildman–Crippen LogP) is 5.54. The van der Waals surface area contributed by atoms with Crippen LogP contribution < -0.4 is 4.74 Å². The highest BCUT2D eigenvalue weighted by molar-refractivity contribution is 5.66. The van der Waals surface area contributed by atoms with Crippen LogP contribution in [-0.4, -0.2) is 4.92 Å². The number of aryl methyl sites for hydroxylation is 2. The van der Waals surface area contributed by atoms with E-state index in [1.54, 1.807) is 6.07 Å². The van der Waals surface area contributed by atoms with Crippen LogP contribution in [-0.2, 0) is 0 Å². The Morgan fingerprint density at radius 1 is 0.923 bits per heavy atom. The Bertz CT molecular complexity index is 1020. The van der Waals surface area contributed by atoms with Crippen molar-refractivity contribution in [2.75, 3.05) is 0 Å². The molecule has 0 N–H and O–H groups in total. The minimum atomic E-state index is -0.549. The SMILES string of the molecule is Cc1ccc(-c2ccc(Oc3ccc(C#N)cc3[N+](=O)[O-])c(C)c2)cc1. The van der Waals surface area contributed by atoms with Gasteiger partial charge in [-0.25, -0.2) is 0 Å². The summed E-state index contributed by atoms with van der Waals surface area (Å²) in [7, 11) is 0. The second-order valence-corrected chi connectivity index (χ2v) is 6.00. The summed E-state index contributed by atoms with van der Waals surface area (Å²) in [4.78, 5) is 10.7. The molecule has 3 rings (SSSR count). The van der Waals surface area contributed by atoms with Crippen LogP contribution in [0.4, 0.5) is 5.69 Å². The molecule has 0 aromatic heterocycles. The van der Waals surface area contributed by atoms with Crippen LogP contribution in [0, 0.1) is 35.3 Å². The van der Waals surface area contributed by atoms with Gasteiger partial charge in [0.05, 0.1) is 16.6 Å². The van der Waals surface area contributed by atoms with Gasteiger partial charge in [-0.1, -0.05) is 35.9 Å². The predicted molar refractivity (Wildman–Crippen MR) is 99.2 cm³/mol. The first kappa shape index (κ1) is 17.2. The maximum Gasteiger partial charge on any atom is 0.312 e. The van der Waals surface area contributed by atoms with E-state index in [0.29, 0.717) is 5.75 Å². The smallest absolute Gasteiger partial charge is 0.312 e. The van der Waals surface area contributed by atoms with Crippen LogP contribution >= 0.6 is 0 Å². The Balaban J connectivity index is 1.93. The van der Waals surface area contributed by atoms with Crippen molar-refractivity contribution in [2.24, 2.45) is 0 Å². The monoisotopic (exact) mass is 344 g/mol. The number of benzene rings is 3. The summed E-state index contributed by atoms with van der Waals surface area (Å²) in [6.07, 6.45) is 0. The lowest BCUT2D eigenvalue weighted by molar-refractivity contribution is -0.385. The van der Waals surface area contributed by atoms with Crippen LogP contribution in [0.3, 0.4) is 0 Å². The average Bonchev–Trinajstić information content (AvgIpc) is 2.64. The number of hydrogen-bond donors (Lipinski definition) is 0. The molecule has 5 nitrogen and oxygen atoms in total. The lowest BCUT2D eigenvalue weighted by Crippen LogP contribution is -1.95. The number of nitro benzene ring substituents is 1. The molecule has 0 spiro atoms. The van der Waals surface area contributed by atoms with Crippen LogP contribution in [0.15, 0.2) is 60.7 Å². The molecule has 0 unspecified atom stereocenters. The van der Waals surface area contributed by atoms with Gasteiger partial charge in [0.1, 0.15) is 5.75 Å². The Morgan fingerprint density at radius 2 is 1.58 bits per heavy atom. The van der Waals surface area contributed by atoms with E-state index in [-0.39, 0.29) is 17.0 Å². The highest BCUT2D eigenvalue weighted by Crippen LogP contribution is 2.35. The third kappa shape index (κ3) is 3.55. The summed E-state index contributed by atoms with van der Waals surface area (Å²) in [6.45, 7) is 3.93. The number of hydrogen-bond acceptors (Lipinski definition) is 4. The number of rotatable bonds is 4. The van der Waals surface area contributed by atoms with Crippen molar-refractivity contribution in [1.29, 1.82) is 5.26 Å². The van der Waals surface area contributed by atoms with E-state index in [4.69, 9.17) is 10.00 Å². The highest BCUT2D eigenvalue weighted by Gasteiger charge is 2.17. The van der Waals surface area contributed by atoms with Gasteiger partial charge in [-0.2, -0.15) is 5.26 Å². The molecule has 26 heavy (non-hydrogen) atoms. The second-order valence-electron chi connectivity index (χ2n) is 6.00. The van der Waals surface area contributed by atoms with E-state index in [9.17, 15) is 10.1 Å². The number of nitrogens with zero attached hydrogens (tertiary/aromatic N) is 2. The molecular weight excluding hydrogens is 328 g/mol. The summed E-state index contributed by atoms with van der Waals surface area (Å²) < 4.78 is 5.76. The van der Waals surface area contributed by atoms with Crippen LogP contribution in [0.2, 0.25) is 0 Å². The summed E-state index contributed by atoms with van der Waals surface area (Å²) in [6, 6.07) is 20.0. The third-order valence-electron chi connectivity index (χ3n) is 4.06. The van der Waals surface area contributed by atoms with Gasteiger partial charge in [0.2, 0.25) is 5.75 Å². The maximum atomic E-state index is 11.2. The Morgan fingerprint density at radius 3 is 2.19 bits per heavy atom. The molecule has 3 aromatic rings. The molecule has 0 aliphatic rings. The normalized spacial score (nSPS) is 10.2. The van der Waals surface area contributed by atoms with Crippen LogP contribution in [0.1, 0.15) is 16.7 Å². The minimum Gasteiger partial charge on any atom is -0.450 e. The van der Waals surface area contributed by atoms with E-state index in [0.717, 1.165) is 16.7 Å². The quantitative estimate of drug-likeness (QED) is 0.460. The van der Waals surface area contributed by atoms with Crippen molar-refractivity contribution in [3.8, 4) is 28.7 Å². The van der Waals surface area contributed by atoms with E-state index in [1.165, 1.54) is 23.8 Å². The van der Waals surface area contributed by atoms with Crippen molar-refractivity contribution in [3.05, 3.63) is 87.5 Å². The fourth-order valence-corrected chi connectivity index (χ4v) is 2.62. The maximum absolute atomic E-state index is 11.2. The molecule has 3 aromatic carbocycles. The van der Waals surface area contributed by atoms with Crippen molar-refractivity contribution in [1.82, 2.24) is 0 Å². The molecular formula is C21H16N2O3. The summed E-state index contributed by atoms with van der Waals surface area (Å²) in [5.74, 6) is 0.647. The number of nitro groups is 1. The van der Waals surface area contributed by atoms with Crippen molar-refractivity contribution in [3.63, 3.8) is 0 Å². The van der Waals surface area contributed by atoms with Gasteiger partial charge >= 0.3 is 5.69 Å². The van der Waals surface area contributed by atoms with Crippen LogP contribution in [0.25, 0.3) is 11.1 Å². The molecule has 0 saturated heterocycles. The summed E-state index contributed by atoms with van der Waals surface area (Å²) in [5.41, 5.74) is 4.18. The molecule has 0 radical (unpaired) electrons. The average molecular weight is 344 g/mol. The van der Waals surface area contributed by atoms with E-state index >= 15 is 0 Å². The van der Waals surface area contributed by atoms with Crippen molar-refractivity contribution < 1.29 is 9.66 Å². The molecule has 0 amide bonds. The van der Waals surface area contributed by atoms with Gasteiger partial charge in [0, 0.05) is 6.07 Å². The van der Waals surface area contributed by atoms with Gasteiger partial charge in [-0.3, -0.25) is 10.1 Å². The first-order chi connectivity index (χ1) is 12.5.